The SMILES string of the molecule is CCOc1ccc(NC(=O)Cc2cn3ccccc3n2)cc1OCC. The first-order valence-electron chi connectivity index (χ1n) is 8.31. The summed E-state index contributed by atoms with van der Waals surface area (Å²) in [4.78, 5) is 16.7. The third-order valence-electron chi connectivity index (χ3n) is 3.58. The van der Waals surface area contributed by atoms with E-state index in [1.165, 1.54) is 0 Å². The number of pyridine rings is 1. The first-order chi connectivity index (χ1) is 12.2. The van der Waals surface area contributed by atoms with E-state index in [1.54, 1.807) is 18.2 Å². The molecule has 0 bridgehead atoms. The van der Waals surface area contributed by atoms with Crippen molar-refractivity contribution in [3.63, 3.8) is 0 Å². The normalized spacial score (nSPS) is 10.6. The lowest BCUT2D eigenvalue weighted by Crippen LogP contribution is -2.14. The Labute approximate surface area is 146 Å². The Kier molecular flexibility index (Phi) is 5.18. The Morgan fingerprint density at radius 2 is 1.92 bits per heavy atom. The van der Waals surface area contributed by atoms with Gasteiger partial charge in [0.15, 0.2) is 11.5 Å². The molecule has 25 heavy (non-hydrogen) atoms. The van der Waals surface area contributed by atoms with Crippen molar-refractivity contribution in [3.8, 4) is 11.5 Å². The van der Waals surface area contributed by atoms with Gasteiger partial charge in [-0.05, 0) is 38.1 Å². The number of imidazole rings is 1. The molecule has 1 amide bonds. The molecule has 0 aliphatic heterocycles. The van der Waals surface area contributed by atoms with Gasteiger partial charge in [0.05, 0.1) is 25.3 Å². The molecule has 0 aliphatic carbocycles. The fourth-order valence-corrected chi connectivity index (χ4v) is 2.57. The number of benzene rings is 1. The Hall–Kier alpha value is -3.02. The van der Waals surface area contributed by atoms with Crippen molar-refractivity contribution in [2.75, 3.05) is 18.5 Å². The zero-order valence-corrected chi connectivity index (χ0v) is 14.4. The van der Waals surface area contributed by atoms with Gasteiger partial charge in [-0.15, -0.1) is 0 Å². The summed E-state index contributed by atoms with van der Waals surface area (Å²) in [6, 6.07) is 11.1. The van der Waals surface area contributed by atoms with E-state index in [9.17, 15) is 4.79 Å². The summed E-state index contributed by atoms with van der Waals surface area (Å²) < 4.78 is 13.0. The van der Waals surface area contributed by atoms with E-state index in [0.29, 0.717) is 30.4 Å². The van der Waals surface area contributed by atoms with Crippen molar-refractivity contribution in [2.24, 2.45) is 0 Å². The Bertz CT molecular complexity index is 840. The van der Waals surface area contributed by atoms with E-state index in [1.807, 2.05) is 48.8 Å². The van der Waals surface area contributed by atoms with Crippen LogP contribution < -0.4 is 14.8 Å². The van der Waals surface area contributed by atoms with Crippen LogP contribution >= 0.6 is 0 Å². The molecule has 2 heterocycles. The lowest BCUT2D eigenvalue weighted by atomic mass is 10.2. The molecule has 0 radical (unpaired) electrons. The number of hydrogen-bond acceptors (Lipinski definition) is 4. The zero-order chi connectivity index (χ0) is 17.6. The fourth-order valence-electron chi connectivity index (χ4n) is 2.57. The van der Waals surface area contributed by atoms with Crippen LogP contribution in [-0.4, -0.2) is 28.5 Å². The molecule has 3 aromatic rings. The van der Waals surface area contributed by atoms with Gasteiger partial charge in [-0.1, -0.05) is 6.07 Å². The maximum absolute atomic E-state index is 12.3. The number of fused-ring (bicyclic) bond motifs is 1. The van der Waals surface area contributed by atoms with Gasteiger partial charge in [0.25, 0.3) is 0 Å². The highest BCUT2D eigenvalue weighted by Crippen LogP contribution is 2.30. The first-order valence-corrected chi connectivity index (χ1v) is 8.31. The van der Waals surface area contributed by atoms with E-state index < -0.39 is 0 Å². The van der Waals surface area contributed by atoms with Crippen LogP contribution in [0, 0.1) is 0 Å². The number of amides is 1. The molecule has 130 valence electrons. The molecule has 6 nitrogen and oxygen atoms in total. The topological polar surface area (TPSA) is 64.9 Å². The highest BCUT2D eigenvalue weighted by atomic mass is 16.5. The smallest absolute Gasteiger partial charge is 0.230 e. The molecule has 1 aromatic carbocycles. The van der Waals surface area contributed by atoms with Gasteiger partial charge in [-0.2, -0.15) is 0 Å². The Balaban J connectivity index is 1.70. The molecule has 0 saturated carbocycles. The monoisotopic (exact) mass is 339 g/mol. The van der Waals surface area contributed by atoms with Crippen LogP contribution in [0.1, 0.15) is 19.5 Å². The number of ether oxygens (including phenoxy) is 2. The number of carbonyl (C=O) groups is 1. The number of aromatic nitrogens is 2. The van der Waals surface area contributed by atoms with Crippen LogP contribution in [0.15, 0.2) is 48.8 Å². The number of hydrogen-bond donors (Lipinski definition) is 1. The van der Waals surface area contributed by atoms with Gasteiger partial charge >= 0.3 is 0 Å². The number of rotatable bonds is 7. The molecule has 0 spiro atoms. The molecule has 0 fully saturated rings. The predicted molar refractivity (Wildman–Crippen MR) is 96.3 cm³/mol. The first kappa shape index (κ1) is 16.8. The number of nitrogens with one attached hydrogen (secondary N) is 1. The van der Waals surface area contributed by atoms with Gasteiger partial charge in [0.2, 0.25) is 5.91 Å². The molecule has 0 unspecified atom stereocenters. The Morgan fingerprint density at radius 3 is 2.68 bits per heavy atom. The van der Waals surface area contributed by atoms with Crippen molar-refractivity contribution in [3.05, 3.63) is 54.5 Å². The molecule has 6 heteroatoms. The van der Waals surface area contributed by atoms with Gasteiger partial charge in [-0.25, -0.2) is 4.98 Å². The van der Waals surface area contributed by atoms with Crippen molar-refractivity contribution in [1.82, 2.24) is 9.38 Å². The standard InChI is InChI=1S/C19H21N3O3/c1-3-24-16-9-8-14(11-17(16)25-4-2)21-19(23)12-15-13-22-10-6-5-7-18(22)20-15/h5-11,13H,3-4,12H2,1-2H3,(H,21,23). The maximum Gasteiger partial charge on any atom is 0.230 e. The second kappa shape index (κ2) is 7.70. The molecule has 2 aromatic heterocycles. The van der Waals surface area contributed by atoms with Crippen LogP contribution in [0.4, 0.5) is 5.69 Å². The fraction of sp³-hybridized carbons (Fsp3) is 0.263. The van der Waals surface area contributed by atoms with Crippen molar-refractivity contribution < 1.29 is 14.3 Å². The second-order valence-corrected chi connectivity index (χ2v) is 5.45. The van der Waals surface area contributed by atoms with Gasteiger partial charge in [0.1, 0.15) is 5.65 Å². The maximum atomic E-state index is 12.3. The van der Waals surface area contributed by atoms with Crippen molar-refractivity contribution in [1.29, 1.82) is 0 Å². The zero-order valence-electron chi connectivity index (χ0n) is 14.4. The largest absolute Gasteiger partial charge is 0.490 e. The Morgan fingerprint density at radius 1 is 1.12 bits per heavy atom. The molecule has 1 N–H and O–H groups in total. The van der Waals surface area contributed by atoms with Crippen LogP contribution in [0.25, 0.3) is 5.65 Å². The van der Waals surface area contributed by atoms with Gasteiger partial charge in [-0.3, -0.25) is 4.79 Å². The minimum Gasteiger partial charge on any atom is -0.490 e. The van der Waals surface area contributed by atoms with Crippen LogP contribution in [0.3, 0.4) is 0 Å². The number of carbonyl (C=O) groups excluding carboxylic acids is 1. The van der Waals surface area contributed by atoms with Crippen LogP contribution in [0.2, 0.25) is 0 Å². The minimum absolute atomic E-state index is 0.130. The van der Waals surface area contributed by atoms with E-state index in [-0.39, 0.29) is 12.3 Å². The summed E-state index contributed by atoms with van der Waals surface area (Å²) in [7, 11) is 0. The quantitative estimate of drug-likeness (QED) is 0.717. The molecule has 0 atom stereocenters. The van der Waals surface area contributed by atoms with E-state index >= 15 is 0 Å². The highest BCUT2D eigenvalue weighted by Gasteiger charge is 2.11. The van der Waals surface area contributed by atoms with E-state index in [4.69, 9.17) is 9.47 Å². The summed E-state index contributed by atoms with van der Waals surface area (Å²) >= 11 is 0. The molecular weight excluding hydrogens is 318 g/mol. The van der Waals surface area contributed by atoms with Gasteiger partial charge in [0, 0.05) is 24.1 Å². The molecular formula is C19H21N3O3. The summed E-state index contributed by atoms with van der Waals surface area (Å²) in [6.45, 7) is 4.91. The minimum atomic E-state index is -0.130. The predicted octanol–water partition coefficient (Wildman–Crippen LogP) is 3.31. The summed E-state index contributed by atoms with van der Waals surface area (Å²) in [5.74, 6) is 1.16. The van der Waals surface area contributed by atoms with Crippen molar-refractivity contribution in [2.45, 2.75) is 20.3 Å². The average molecular weight is 339 g/mol. The van der Waals surface area contributed by atoms with E-state index in [0.717, 1.165) is 11.3 Å². The number of nitrogens with zero attached hydrogens (tertiary/aromatic N) is 2. The summed E-state index contributed by atoms with van der Waals surface area (Å²) in [6.07, 6.45) is 3.97. The lowest BCUT2D eigenvalue weighted by Gasteiger charge is -2.12. The molecule has 0 aliphatic rings. The second-order valence-electron chi connectivity index (χ2n) is 5.45. The third kappa shape index (κ3) is 4.09. The van der Waals surface area contributed by atoms with Gasteiger partial charge < -0.3 is 19.2 Å². The highest BCUT2D eigenvalue weighted by molar-refractivity contribution is 5.92. The third-order valence-corrected chi connectivity index (χ3v) is 3.58. The van der Waals surface area contributed by atoms with E-state index in [2.05, 4.69) is 10.3 Å². The average Bonchev–Trinajstić information content (AvgIpc) is 2.99. The number of anilines is 1. The summed E-state index contributed by atoms with van der Waals surface area (Å²) in [5, 5.41) is 2.88. The molecule has 3 rings (SSSR count). The van der Waals surface area contributed by atoms with Crippen LogP contribution in [-0.2, 0) is 11.2 Å². The van der Waals surface area contributed by atoms with Crippen LogP contribution in [0.5, 0.6) is 11.5 Å². The summed E-state index contributed by atoms with van der Waals surface area (Å²) in [5.41, 5.74) is 2.21. The van der Waals surface area contributed by atoms with Crippen molar-refractivity contribution >= 4 is 17.2 Å². The molecule has 0 saturated heterocycles. The lowest BCUT2D eigenvalue weighted by molar-refractivity contribution is -0.115.